The molecule has 0 amide bonds. The standard InChI is InChI=1S/C25H40O/c1-5-25-15-11-20-21-10-6-9-19(17-26)23(21,3)14-12-22(20)24(25,4)13-7-8-18(2)16-25/h5,17-22H,1,6-16H2,2-4H3/t18-,19+,20?,21?,22?,23+,24?,25?/m0/s1. The Bertz CT molecular complexity index is 567. The molecule has 4 rings (SSSR count). The summed E-state index contributed by atoms with van der Waals surface area (Å²) in [5.74, 6) is 3.64. The Kier molecular flexibility index (Phi) is 4.68. The third-order valence-electron chi connectivity index (χ3n) is 10.3. The van der Waals surface area contributed by atoms with Crippen LogP contribution in [0.1, 0.15) is 91.4 Å². The molecule has 26 heavy (non-hydrogen) atoms. The molecule has 0 spiro atoms. The summed E-state index contributed by atoms with van der Waals surface area (Å²) < 4.78 is 0. The number of hydrogen-bond donors (Lipinski definition) is 0. The van der Waals surface area contributed by atoms with Crippen molar-refractivity contribution in [2.24, 2.45) is 45.8 Å². The van der Waals surface area contributed by atoms with E-state index in [1.54, 1.807) is 0 Å². The molecule has 0 saturated heterocycles. The predicted octanol–water partition coefficient (Wildman–Crippen LogP) is 6.82. The van der Waals surface area contributed by atoms with E-state index in [1.165, 1.54) is 70.5 Å². The van der Waals surface area contributed by atoms with Gasteiger partial charge < -0.3 is 4.79 Å². The Morgan fingerprint density at radius 1 is 0.923 bits per heavy atom. The third kappa shape index (κ3) is 2.44. The lowest BCUT2D eigenvalue weighted by Gasteiger charge is -2.65. The Hall–Kier alpha value is -0.590. The normalized spacial score (nSPS) is 54.2. The highest BCUT2D eigenvalue weighted by Crippen LogP contribution is 2.70. The van der Waals surface area contributed by atoms with Crippen LogP contribution in [0.25, 0.3) is 0 Å². The van der Waals surface area contributed by atoms with Crippen molar-refractivity contribution < 1.29 is 4.79 Å². The van der Waals surface area contributed by atoms with E-state index in [1.807, 2.05) is 0 Å². The van der Waals surface area contributed by atoms with Crippen LogP contribution in [0.4, 0.5) is 0 Å². The fraction of sp³-hybridized carbons (Fsp3) is 0.880. The average molecular weight is 357 g/mol. The second-order valence-corrected chi connectivity index (χ2v) is 11.1. The molecule has 8 atom stereocenters. The van der Waals surface area contributed by atoms with Gasteiger partial charge in [-0.25, -0.2) is 0 Å². The quantitative estimate of drug-likeness (QED) is 0.392. The molecule has 0 radical (unpaired) electrons. The van der Waals surface area contributed by atoms with Crippen LogP contribution >= 0.6 is 0 Å². The van der Waals surface area contributed by atoms with E-state index in [0.29, 0.717) is 16.7 Å². The Morgan fingerprint density at radius 2 is 1.73 bits per heavy atom. The maximum Gasteiger partial charge on any atom is 0.123 e. The SMILES string of the molecule is C=CC12CCC3C(CC[C@@]4(C)C3CCC[C@@H]4C=O)C1(C)CCC[C@H](C)C2. The number of carbonyl (C=O) groups is 1. The van der Waals surface area contributed by atoms with Crippen molar-refractivity contribution in [3.05, 3.63) is 12.7 Å². The minimum Gasteiger partial charge on any atom is -0.303 e. The largest absolute Gasteiger partial charge is 0.303 e. The molecule has 0 bridgehead atoms. The summed E-state index contributed by atoms with van der Waals surface area (Å²) in [5.41, 5.74) is 1.07. The first-order valence-electron chi connectivity index (χ1n) is 11.5. The molecule has 1 heteroatoms. The van der Waals surface area contributed by atoms with Gasteiger partial charge in [-0.15, -0.1) is 6.58 Å². The highest BCUT2D eigenvalue weighted by Gasteiger charge is 2.62. The van der Waals surface area contributed by atoms with Gasteiger partial charge in [0.2, 0.25) is 0 Å². The maximum absolute atomic E-state index is 11.8. The first-order chi connectivity index (χ1) is 12.4. The van der Waals surface area contributed by atoms with Gasteiger partial charge in [0.1, 0.15) is 6.29 Å². The monoisotopic (exact) mass is 356 g/mol. The number of allylic oxidation sites excluding steroid dienone is 1. The average Bonchev–Trinajstić information content (AvgIpc) is 2.76. The Labute approximate surface area is 161 Å². The molecule has 0 heterocycles. The molecule has 5 unspecified atom stereocenters. The molecule has 0 aliphatic heterocycles. The van der Waals surface area contributed by atoms with Crippen LogP contribution in [-0.4, -0.2) is 6.29 Å². The molecule has 0 aromatic carbocycles. The van der Waals surface area contributed by atoms with Gasteiger partial charge in [-0.2, -0.15) is 0 Å². The second-order valence-electron chi connectivity index (χ2n) is 11.1. The fourth-order valence-corrected chi connectivity index (χ4v) is 8.75. The second kappa shape index (κ2) is 6.49. The van der Waals surface area contributed by atoms with Crippen LogP contribution in [-0.2, 0) is 4.79 Å². The van der Waals surface area contributed by atoms with Crippen LogP contribution < -0.4 is 0 Å². The molecule has 4 saturated carbocycles. The summed E-state index contributed by atoms with van der Waals surface area (Å²) in [7, 11) is 0. The van der Waals surface area contributed by atoms with E-state index in [-0.39, 0.29) is 5.41 Å². The molecular weight excluding hydrogens is 316 g/mol. The molecule has 4 aliphatic carbocycles. The van der Waals surface area contributed by atoms with Crippen LogP contribution in [0.3, 0.4) is 0 Å². The molecule has 146 valence electrons. The van der Waals surface area contributed by atoms with Crippen LogP contribution in [0, 0.1) is 45.8 Å². The molecule has 0 N–H and O–H groups in total. The fourth-order valence-electron chi connectivity index (χ4n) is 8.75. The van der Waals surface area contributed by atoms with E-state index in [0.717, 1.165) is 30.1 Å². The summed E-state index contributed by atoms with van der Waals surface area (Å²) in [6, 6.07) is 0. The maximum atomic E-state index is 11.8. The van der Waals surface area contributed by atoms with Gasteiger partial charge in [0.25, 0.3) is 0 Å². The minimum absolute atomic E-state index is 0.281. The number of hydrogen-bond acceptors (Lipinski definition) is 1. The molecular formula is C25H40O. The smallest absolute Gasteiger partial charge is 0.123 e. The van der Waals surface area contributed by atoms with E-state index in [4.69, 9.17) is 0 Å². The summed E-state index contributed by atoms with van der Waals surface area (Å²) in [4.78, 5) is 11.8. The number of fused-ring (bicyclic) bond motifs is 5. The summed E-state index contributed by atoms with van der Waals surface area (Å²) >= 11 is 0. The molecule has 0 aromatic rings. The van der Waals surface area contributed by atoms with Crippen molar-refractivity contribution in [1.29, 1.82) is 0 Å². The van der Waals surface area contributed by atoms with Gasteiger partial charge in [-0.3, -0.25) is 0 Å². The van der Waals surface area contributed by atoms with Crippen molar-refractivity contribution in [3.8, 4) is 0 Å². The zero-order valence-corrected chi connectivity index (χ0v) is 17.4. The highest BCUT2D eigenvalue weighted by atomic mass is 16.1. The van der Waals surface area contributed by atoms with Crippen molar-refractivity contribution in [2.45, 2.75) is 91.4 Å². The predicted molar refractivity (Wildman–Crippen MR) is 109 cm³/mol. The summed E-state index contributed by atoms with van der Waals surface area (Å²) in [6.07, 6.45) is 18.4. The van der Waals surface area contributed by atoms with Gasteiger partial charge in [0.15, 0.2) is 0 Å². The summed E-state index contributed by atoms with van der Waals surface area (Å²) in [5, 5.41) is 0. The minimum atomic E-state index is 0.281. The molecule has 4 aliphatic rings. The van der Waals surface area contributed by atoms with Gasteiger partial charge in [-0.05, 0) is 91.3 Å². The van der Waals surface area contributed by atoms with Crippen LogP contribution in [0.5, 0.6) is 0 Å². The van der Waals surface area contributed by atoms with E-state index < -0.39 is 0 Å². The van der Waals surface area contributed by atoms with Gasteiger partial charge >= 0.3 is 0 Å². The number of carbonyl (C=O) groups excluding carboxylic acids is 1. The molecule has 1 nitrogen and oxygen atoms in total. The molecule has 0 aromatic heterocycles. The van der Waals surface area contributed by atoms with Crippen molar-refractivity contribution >= 4 is 6.29 Å². The van der Waals surface area contributed by atoms with E-state index in [2.05, 4.69) is 33.4 Å². The van der Waals surface area contributed by atoms with E-state index in [9.17, 15) is 4.79 Å². The summed E-state index contributed by atoms with van der Waals surface area (Å²) in [6.45, 7) is 12.0. The Balaban J connectivity index is 1.70. The Morgan fingerprint density at radius 3 is 2.46 bits per heavy atom. The van der Waals surface area contributed by atoms with Gasteiger partial charge in [-0.1, -0.05) is 46.1 Å². The van der Waals surface area contributed by atoms with E-state index >= 15 is 0 Å². The van der Waals surface area contributed by atoms with Crippen molar-refractivity contribution in [2.75, 3.05) is 0 Å². The third-order valence-corrected chi connectivity index (χ3v) is 10.3. The van der Waals surface area contributed by atoms with Crippen molar-refractivity contribution in [3.63, 3.8) is 0 Å². The lowest BCUT2D eigenvalue weighted by Crippen LogP contribution is -2.58. The first-order valence-corrected chi connectivity index (χ1v) is 11.5. The zero-order chi connectivity index (χ0) is 18.6. The van der Waals surface area contributed by atoms with Gasteiger partial charge in [0, 0.05) is 5.92 Å². The first kappa shape index (κ1) is 18.8. The topological polar surface area (TPSA) is 17.1 Å². The van der Waals surface area contributed by atoms with Crippen LogP contribution in [0.15, 0.2) is 12.7 Å². The van der Waals surface area contributed by atoms with Crippen LogP contribution in [0.2, 0.25) is 0 Å². The lowest BCUT2D eigenvalue weighted by atomic mass is 9.39. The number of rotatable bonds is 2. The van der Waals surface area contributed by atoms with Gasteiger partial charge in [0.05, 0.1) is 0 Å². The molecule has 4 fully saturated rings. The number of aldehydes is 1. The highest BCUT2D eigenvalue weighted by molar-refractivity contribution is 5.55. The lowest BCUT2D eigenvalue weighted by molar-refractivity contribution is -0.156. The zero-order valence-electron chi connectivity index (χ0n) is 17.4. The van der Waals surface area contributed by atoms with Crippen molar-refractivity contribution in [1.82, 2.24) is 0 Å².